The summed E-state index contributed by atoms with van der Waals surface area (Å²) in [5.41, 5.74) is 4.59. The highest BCUT2D eigenvalue weighted by atomic mass is 28.3. The van der Waals surface area contributed by atoms with Crippen LogP contribution in [0.4, 0.5) is 4.79 Å². The molecule has 0 aromatic heterocycles. The maximum atomic E-state index is 11.6. The molecule has 0 aromatic rings. The van der Waals surface area contributed by atoms with Crippen molar-refractivity contribution in [3.05, 3.63) is 0 Å². The van der Waals surface area contributed by atoms with Gasteiger partial charge in [0, 0.05) is 6.04 Å². The SMILES string of the molecule is CC(C)[Si](C#CNC(=O)OC(C)(C)C)(C(C)C)C(C)C. The molecular formula is C16H31NO2Si. The van der Waals surface area contributed by atoms with Crippen LogP contribution in [0.15, 0.2) is 0 Å². The van der Waals surface area contributed by atoms with Crippen molar-refractivity contribution in [1.82, 2.24) is 5.32 Å². The summed E-state index contributed by atoms with van der Waals surface area (Å²) in [5, 5.41) is 2.57. The molecule has 20 heavy (non-hydrogen) atoms. The van der Waals surface area contributed by atoms with Crippen LogP contribution in [0, 0.1) is 11.6 Å². The molecule has 0 saturated heterocycles. The number of rotatable bonds is 3. The Morgan fingerprint density at radius 2 is 1.40 bits per heavy atom. The highest BCUT2D eigenvalue weighted by Crippen LogP contribution is 2.40. The van der Waals surface area contributed by atoms with Gasteiger partial charge in [-0.1, -0.05) is 41.5 Å². The molecule has 0 atom stereocenters. The molecule has 3 nitrogen and oxygen atoms in total. The molecule has 0 aliphatic heterocycles. The average Bonchev–Trinajstić information content (AvgIpc) is 2.19. The van der Waals surface area contributed by atoms with Crippen molar-refractivity contribution in [1.29, 1.82) is 0 Å². The maximum Gasteiger partial charge on any atom is 0.419 e. The van der Waals surface area contributed by atoms with Crippen LogP contribution in [0.2, 0.25) is 16.6 Å². The van der Waals surface area contributed by atoms with Crippen molar-refractivity contribution >= 4 is 14.2 Å². The lowest BCUT2D eigenvalue weighted by Crippen LogP contribution is -2.43. The first-order chi connectivity index (χ1) is 8.93. The van der Waals surface area contributed by atoms with E-state index < -0.39 is 19.8 Å². The van der Waals surface area contributed by atoms with Gasteiger partial charge in [-0.05, 0) is 37.4 Å². The number of hydrogen-bond acceptors (Lipinski definition) is 2. The number of nitrogens with one attached hydrogen (secondary N) is 1. The summed E-state index contributed by atoms with van der Waals surface area (Å²) >= 11 is 0. The number of hydrogen-bond donors (Lipinski definition) is 1. The van der Waals surface area contributed by atoms with Crippen LogP contribution < -0.4 is 5.32 Å². The number of amides is 1. The van der Waals surface area contributed by atoms with Gasteiger partial charge in [0.25, 0.3) is 0 Å². The second-order valence-electron chi connectivity index (χ2n) is 7.27. The lowest BCUT2D eigenvalue weighted by atomic mass is 10.2. The van der Waals surface area contributed by atoms with E-state index in [4.69, 9.17) is 4.74 Å². The Kier molecular flexibility index (Phi) is 6.83. The van der Waals surface area contributed by atoms with E-state index in [0.717, 1.165) is 0 Å². The molecule has 0 aliphatic carbocycles. The maximum absolute atomic E-state index is 11.6. The Balaban J connectivity index is 5.05. The number of carbonyl (C=O) groups excluding carboxylic acids is 1. The monoisotopic (exact) mass is 297 g/mol. The van der Waals surface area contributed by atoms with Gasteiger partial charge >= 0.3 is 6.09 Å². The zero-order chi connectivity index (χ0) is 16.1. The molecule has 0 fully saturated rings. The van der Waals surface area contributed by atoms with Gasteiger partial charge in [0.15, 0.2) is 0 Å². The molecule has 0 radical (unpaired) electrons. The third-order valence-electron chi connectivity index (χ3n) is 3.71. The Bertz CT molecular complexity index is 362. The molecular weight excluding hydrogens is 266 g/mol. The quantitative estimate of drug-likeness (QED) is 0.466. The first kappa shape index (κ1) is 19.0. The molecule has 1 amide bonds. The largest absolute Gasteiger partial charge is 0.443 e. The number of ether oxygens (including phenoxy) is 1. The third kappa shape index (κ3) is 5.20. The number of carbonyl (C=O) groups is 1. The van der Waals surface area contributed by atoms with Gasteiger partial charge in [-0.2, -0.15) is 0 Å². The molecule has 0 saturated carbocycles. The van der Waals surface area contributed by atoms with E-state index >= 15 is 0 Å². The van der Waals surface area contributed by atoms with Crippen LogP contribution in [-0.4, -0.2) is 19.8 Å². The van der Waals surface area contributed by atoms with Gasteiger partial charge in [-0.25, -0.2) is 4.79 Å². The molecule has 0 heterocycles. The van der Waals surface area contributed by atoms with Crippen LogP contribution in [0.25, 0.3) is 0 Å². The Morgan fingerprint density at radius 1 is 1.00 bits per heavy atom. The van der Waals surface area contributed by atoms with Crippen molar-refractivity contribution in [2.24, 2.45) is 0 Å². The molecule has 0 rings (SSSR count). The van der Waals surface area contributed by atoms with Gasteiger partial charge < -0.3 is 4.74 Å². The summed E-state index contributed by atoms with van der Waals surface area (Å²) in [6, 6.07) is 2.88. The first-order valence-electron chi connectivity index (χ1n) is 7.44. The summed E-state index contributed by atoms with van der Waals surface area (Å²) in [5.74, 6) is 0. The van der Waals surface area contributed by atoms with Crippen molar-refractivity contribution in [2.75, 3.05) is 0 Å². The Morgan fingerprint density at radius 3 is 1.70 bits per heavy atom. The molecule has 116 valence electrons. The van der Waals surface area contributed by atoms with E-state index in [0.29, 0.717) is 16.6 Å². The fourth-order valence-electron chi connectivity index (χ4n) is 2.93. The predicted octanol–water partition coefficient (Wildman–Crippen LogP) is 4.69. The second-order valence-corrected chi connectivity index (χ2v) is 12.9. The second kappa shape index (κ2) is 7.17. The smallest absolute Gasteiger partial charge is 0.419 e. The molecule has 0 unspecified atom stereocenters. The normalized spacial score (nSPS) is 12.4. The Hall–Kier alpha value is -0.953. The molecule has 0 aliphatic rings. The van der Waals surface area contributed by atoms with Crippen LogP contribution in [-0.2, 0) is 4.74 Å². The van der Waals surface area contributed by atoms with Crippen molar-refractivity contribution < 1.29 is 9.53 Å². The minimum absolute atomic E-state index is 0.468. The van der Waals surface area contributed by atoms with Gasteiger partial charge in [0.05, 0.1) is 0 Å². The van der Waals surface area contributed by atoms with Crippen molar-refractivity contribution in [3.63, 3.8) is 0 Å². The average molecular weight is 298 g/mol. The fourth-order valence-corrected chi connectivity index (χ4v) is 8.07. The van der Waals surface area contributed by atoms with Crippen molar-refractivity contribution in [2.45, 2.75) is 84.5 Å². The fraction of sp³-hybridized carbons (Fsp3) is 0.812. The highest BCUT2D eigenvalue weighted by molar-refractivity contribution is 6.90. The van der Waals surface area contributed by atoms with Crippen molar-refractivity contribution in [3.8, 4) is 11.6 Å². The number of alkyl carbamates (subject to hydrolysis) is 1. The van der Waals surface area contributed by atoms with Gasteiger partial charge in [0.2, 0.25) is 0 Å². The van der Waals surface area contributed by atoms with E-state index in [9.17, 15) is 4.79 Å². The van der Waals surface area contributed by atoms with Crippen LogP contribution in [0.5, 0.6) is 0 Å². The minimum Gasteiger partial charge on any atom is -0.443 e. The lowest BCUT2D eigenvalue weighted by molar-refractivity contribution is 0.0557. The zero-order valence-corrected chi connectivity index (χ0v) is 15.5. The Labute approximate surface area is 125 Å². The van der Waals surface area contributed by atoms with Gasteiger partial charge in [-0.15, -0.1) is 5.54 Å². The predicted molar refractivity (Wildman–Crippen MR) is 88.2 cm³/mol. The molecule has 4 heteroatoms. The third-order valence-corrected chi connectivity index (χ3v) is 10.00. The highest BCUT2D eigenvalue weighted by Gasteiger charge is 2.41. The molecule has 1 N–H and O–H groups in total. The van der Waals surface area contributed by atoms with Crippen LogP contribution in [0.1, 0.15) is 62.3 Å². The molecule has 0 aromatic carbocycles. The van der Waals surface area contributed by atoms with E-state index in [1.54, 1.807) is 0 Å². The summed E-state index contributed by atoms with van der Waals surface area (Å²) in [7, 11) is -1.78. The molecule has 0 bridgehead atoms. The standard InChI is InChI=1S/C16H31NO2Si/c1-12(2)20(13(3)4,14(5)6)11-10-17-15(18)19-16(7,8)9/h12-14H,1-9H3,(H,17,18). The zero-order valence-electron chi connectivity index (χ0n) is 14.5. The summed E-state index contributed by atoms with van der Waals surface area (Å²) in [6.07, 6.45) is -0.468. The van der Waals surface area contributed by atoms with E-state index in [1.165, 1.54) is 0 Å². The van der Waals surface area contributed by atoms with Crippen LogP contribution in [0.3, 0.4) is 0 Å². The molecule has 0 spiro atoms. The minimum atomic E-state index is -1.78. The topological polar surface area (TPSA) is 38.3 Å². The first-order valence-corrected chi connectivity index (χ1v) is 9.67. The summed E-state index contributed by atoms with van der Waals surface area (Å²) < 4.78 is 5.20. The van der Waals surface area contributed by atoms with E-state index in [-0.39, 0.29) is 0 Å². The van der Waals surface area contributed by atoms with E-state index in [2.05, 4.69) is 58.4 Å². The van der Waals surface area contributed by atoms with Gasteiger partial charge in [0.1, 0.15) is 13.7 Å². The summed E-state index contributed by atoms with van der Waals surface area (Å²) in [6.45, 7) is 19.0. The lowest BCUT2D eigenvalue weighted by Gasteiger charge is -2.37. The van der Waals surface area contributed by atoms with Gasteiger partial charge in [-0.3, -0.25) is 5.32 Å². The van der Waals surface area contributed by atoms with Crippen LogP contribution >= 0.6 is 0 Å². The summed E-state index contributed by atoms with van der Waals surface area (Å²) in [4.78, 5) is 11.6. The van der Waals surface area contributed by atoms with E-state index in [1.807, 2.05) is 20.8 Å².